The van der Waals surface area contributed by atoms with Crippen molar-refractivity contribution in [1.29, 1.82) is 0 Å². The van der Waals surface area contributed by atoms with Crippen LogP contribution >= 0.6 is 0 Å². The van der Waals surface area contributed by atoms with Crippen LogP contribution in [0.1, 0.15) is 27.0 Å². The molecule has 3 N–H and O–H groups in total. The highest BCUT2D eigenvalue weighted by atomic mass is 19.1. The molecule has 2 aliphatic rings. The first-order valence-electron chi connectivity index (χ1n) is 17.5. The number of pyridine rings is 1. The van der Waals surface area contributed by atoms with Gasteiger partial charge in [-0.15, -0.1) is 6.58 Å². The Morgan fingerprint density at radius 2 is 1.78 bits per heavy atom. The predicted molar refractivity (Wildman–Crippen MR) is 199 cm³/mol. The molecule has 2 fully saturated rings. The largest absolute Gasteiger partial charge is 0.508 e. The second-order valence-corrected chi connectivity index (χ2v) is 13.3. The minimum atomic E-state index is -0.964. The lowest BCUT2D eigenvalue weighted by Crippen LogP contribution is -2.76. The maximum Gasteiger partial charge on any atom is 0.334 e. The number of benzene rings is 3. The second kappa shape index (κ2) is 15.2. The Morgan fingerprint density at radius 3 is 2.50 bits per heavy atom. The Balaban J connectivity index is 1.23. The number of carbonyl (C=O) groups is 4. The fraction of sp³-hybridized carbons (Fsp3) is 0.225. The normalized spacial score (nSPS) is 17.4. The third kappa shape index (κ3) is 7.23. The van der Waals surface area contributed by atoms with Crippen LogP contribution in [0.25, 0.3) is 10.9 Å². The molecule has 2 atom stereocenters. The molecular formula is C40H39FN8O5. The predicted octanol–water partition coefficient (Wildman–Crippen LogP) is 4.41. The van der Waals surface area contributed by atoms with E-state index in [1.165, 1.54) is 34.3 Å². The molecule has 0 aliphatic carbocycles. The van der Waals surface area contributed by atoms with Crippen molar-refractivity contribution in [3.8, 4) is 5.75 Å². The Morgan fingerprint density at radius 1 is 1.00 bits per heavy atom. The van der Waals surface area contributed by atoms with Gasteiger partial charge in [0.1, 0.15) is 18.0 Å². The first-order chi connectivity index (χ1) is 26.1. The van der Waals surface area contributed by atoms with Crippen molar-refractivity contribution in [3.63, 3.8) is 0 Å². The molecule has 2 saturated heterocycles. The van der Waals surface area contributed by atoms with Crippen LogP contribution in [0.3, 0.4) is 0 Å². The van der Waals surface area contributed by atoms with Crippen molar-refractivity contribution >= 4 is 40.3 Å². The molecule has 5 amide bonds. The molecular weight excluding hydrogens is 691 g/mol. The summed E-state index contributed by atoms with van der Waals surface area (Å²) < 4.78 is 15.2. The molecule has 54 heavy (non-hydrogen) atoms. The van der Waals surface area contributed by atoms with Crippen molar-refractivity contribution in [3.05, 3.63) is 138 Å². The summed E-state index contributed by atoms with van der Waals surface area (Å²) in [6.07, 6.45) is 3.84. The van der Waals surface area contributed by atoms with Crippen molar-refractivity contribution in [2.24, 2.45) is 7.05 Å². The molecule has 5 aromatic rings. The second-order valence-electron chi connectivity index (χ2n) is 13.3. The van der Waals surface area contributed by atoms with Gasteiger partial charge in [0.2, 0.25) is 17.8 Å². The maximum absolute atomic E-state index is 14.6. The maximum atomic E-state index is 14.6. The lowest BCUT2D eigenvalue weighted by atomic mass is 9.98. The number of aromatic nitrogens is 2. The van der Waals surface area contributed by atoms with E-state index in [4.69, 9.17) is 0 Å². The number of hydrogen-bond acceptors (Lipinski definition) is 7. The number of fused-ring (bicyclic) bond motifs is 2. The standard InChI is InChI=1S/C40H39FN8O5/c1-3-18-47-25-36(51)48-33(19-26-12-15-30(50)16-13-26)39(53)46(24-35(48)49(47)40(54)43-20-27-8-5-4-6-9-27)22-28-10-7-11-31-32(23-45(2)37(28)31)38(52)44-29-14-17-34(41)42-21-29/h3-17,21,23,33,35,50H,1,18-20,22,24-25H2,2H3,(H,43,54)(H,44,52)/t33-,35-/m0/s1. The van der Waals surface area contributed by atoms with Gasteiger partial charge in [-0.2, -0.15) is 4.39 Å². The summed E-state index contributed by atoms with van der Waals surface area (Å²) in [6.45, 7) is 4.30. The number of phenolic OH excluding ortho intramolecular Hbond substituents is 1. The average Bonchev–Trinajstić information content (AvgIpc) is 3.51. The quantitative estimate of drug-likeness (QED) is 0.143. The molecule has 2 aromatic heterocycles. The van der Waals surface area contributed by atoms with E-state index in [0.717, 1.165) is 28.3 Å². The zero-order valence-electron chi connectivity index (χ0n) is 29.6. The van der Waals surface area contributed by atoms with Crippen LogP contribution in [0.2, 0.25) is 0 Å². The summed E-state index contributed by atoms with van der Waals surface area (Å²) in [5.74, 6) is -1.61. The topological polar surface area (TPSA) is 143 Å². The van der Waals surface area contributed by atoms with Gasteiger partial charge in [-0.05, 0) is 41.0 Å². The number of hydrazine groups is 1. The Hall–Kier alpha value is -6.54. The van der Waals surface area contributed by atoms with Crippen molar-refractivity contribution in [2.45, 2.75) is 31.7 Å². The highest BCUT2D eigenvalue weighted by Crippen LogP contribution is 2.32. The zero-order chi connectivity index (χ0) is 37.9. The Kier molecular flexibility index (Phi) is 10.1. The van der Waals surface area contributed by atoms with E-state index >= 15 is 0 Å². The van der Waals surface area contributed by atoms with Gasteiger partial charge in [0.25, 0.3) is 5.91 Å². The number of aromatic hydroxyl groups is 1. The first kappa shape index (κ1) is 35.8. The molecule has 4 heterocycles. The molecule has 0 unspecified atom stereocenters. The highest BCUT2D eigenvalue weighted by molar-refractivity contribution is 6.13. The number of rotatable bonds is 10. The zero-order valence-corrected chi connectivity index (χ0v) is 29.6. The summed E-state index contributed by atoms with van der Waals surface area (Å²) in [7, 11) is 1.81. The van der Waals surface area contributed by atoms with Crippen molar-refractivity contribution in [2.75, 3.05) is 25.0 Å². The minimum Gasteiger partial charge on any atom is -0.508 e. The number of anilines is 1. The van der Waals surface area contributed by atoms with Crippen LogP contribution in [-0.2, 0) is 36.1 Å². The summed E-state index contributed by atoms with van der Waals surface area (Å²) in [5.41, 5.74) is 3.80. The van der Waals surface area contributed by atoms with Crippen LogP contribution in [0.5, 0.6) is 5.75 Å². The van der Waals surface area contributed by atoms with Gasteiger partial charge in [0.05, 0.1) is 36.1 Å². The number of amides is 5. The van der Waals surface area contributed by atoms with E-state index in [9.17, 15) is 28.7 Å². The van der Waals surface area contributed by atoms with E-state index in [2.05, 4.69) is 22.2 Å². The van der Waals surface area contributed by atoms with Gasteiger partial charge < -0.3 is 30.1 Å². The van der Waals surface area contributed by atoms with Crippen LogP contribution in [0, 0.1) is 5.95 Å². The van der Waals surface area contributed by atoms with E-state index in [1.807, 2.05) is 53.1 Å². The fourth-order valence-electron chi connectivity index (χ4n) is 7.27. The van der Waals surface area contributed by atoms with Gasteiger partial charge in [0.15, 0.2) is 0 Å². The Labute approximate surface area is 310 Å². The van der Waals surface area contributed by atoms with E-state index in [0.29, 0.717) is 16.6 Å². The molecule has 13 nitrogen and oxygen atoms in total. The summed E-state index contributed by atoms with van der Waals surface area (Å²) in [5, 5.41) is 19.5. The highest BCUT2D eigenvalue weighted by Gasteiger charge is 2.51. The fourth-order valence-corrected chi connectivity index (χ4v) is 7.27. The summed E-state index contributed by atoms with van der Waals surface area (Å²) >= 11 is 0. The van der Waals surface area contributed by atoms with Gasteiger partial charge in [-0.1, -0.05) is 66.7 Å². The van der Waals surface area contributed by atoms with Gasteiger partial charge in [0, 0.05) is 44.7 Å². The van der Waals surface area contributed by atoms with E-state index < -0.39 is 30.1 Å². The number of halogens is 1. The van der Waals surface area contributed by atoms with E-state index in [-0.39, 0.29) is 56.7 Å². The van der Waals surface area contributed by atoms with Crippen LogP contribution in [0.15, 0.2) is 110 Å². The summed E-state index contributed by atoms with van der Waals surface area (Å²) in [4.78, 5) is 62.9. The molecule has 7 rings (SSSR count). The molecule has 3 aromatic carbocycles. The number of nitrogens with zero attached hydrogens (tertiary/aromatic N) is 6. The molecule has 0 bridgehead atoms. The molecule has 0 saturated carbocycles. The number of carbonyl (C=O) groups excluding carboxylic acids is 4. The smallest absolute Gasteiger partial charge is 0.334 e. The lowest BCUT2D eigenvalue weighted by Gasteiger charge is -2.55. The number of aryl methyl sites for hydroxylation is 1. The number of phenols is 1. The van der Waals surface area contributed by atoms with Crippen molar-refractivity contribution in [1.82, 2.24) is 34.7 Å². The van der Waals surface area contributed by atoms with Crippen molar-refractivity contribution < 1.29 is 28.7 Å². The number of urea groups is 1. The first-order valence-corrected chi connectivity index (χ1v) is 17.5. The molecule has 0 spiro atoms. The third-order valence-electron chi connectivity index (χ3n) is 9.71. The average molecular weight is 731 g/mol. The van der Waals surface area contributed by atoms with Crippen LogP contribution in [0.4, 0.5) is 14.9 Å². The third-order valence-corrected chi connectivity index (χ3v) is 9.71. The molecule has 2 aliphatic heterocycles. The summed E-state index contributed by atoms with van der Waals surface area (Å²) in [6, 6.07) is 22.6. The minimum absolute atomic E-state index is 0.00870. The number of hydrogen-bond donors (Lipinski definition) is 3. The van der Waals surface area contributed by atoms with Gasteiger partial charge in [-0.3, -0.25) is 14.4 Å². The monoisotopic (exact) mass is 730 g/mol. The van der Waals surface area contributed by atoms with Gasteiger partial charge in [-0.25, -0.2) is 19.8 Å². The molecule has 0 radical (unpaired) electrons. The molecule has 276 valence electrons. The van der Waals surface area contributed by atoms with Crippen LogP contribution < -0.4 is 10.6 Å². The van der Waals surface area contributed by atoms with Gasteiger partial charge >= 0.3 is 6.03 Å². The SMILES string of the molecule is C=CCN1CC(=O)N2[C@@H](Cc3ccc(O)cc3)C(=O)N(Cc3cccc4c(C(=O)Nc5ccc(F)nc5)cn(C)c34)C[C@@H]2N1C(=O)NCc1ccccc1. The molecule has 14 heteroatoms. The number of piperazine rings is 1. The van der Waals surface area contributed by atoms with Crippen LogP contribution in [-0.4, -0.2) is 90.1 Å². The Bertz CT molecular complexity index is 2210. The lowest BCUT2D eigenvalue weighted by molar-refractivity contribution is -0.189. The number of para-hydroxylation sites is 1. The number of nitrogens with one attached hydrogen (secondary N) is 2. The van der Waals surface area contributed by atoms with E-state index in [1.54, 1.807) is 41.4 Å².